The summed E-state index contributed by atoms with van der Waals surface area (Å²) in [5, 5.41) is 0. The summed E-state index contributed by atoms with van der Waals surface area (Å²) in [5.74, 6) is 2.17. The second-order valence-corrected chi connectivity index (χ2v) is 32.5. The molecular weight excluding hydrogens is 1480 g/mol. The zero-order chi connectivity index (χ0) is 83.9. The molecule has 0 aliphatic carbocycles. The van der Waals surface area contributed by atoms with Gasteiger partial charge in [-0.2, -0.15) is 0 Å². The zero-order valence-corrected chi connectivity index (χ0v) is 69.7. The molecule has 6 nitrogen and oxygen atoms in total. The predicted molar refractivity (Wildman–Crippen MR) is 515 cm³/mol. The fourth-order valence-corrected chi connectivity index (χ4v) is 14.8. The van der Waals surface area contributed by atoms with Crippen LogP contribution < -0.4 is 0 Å². The van der Waals surface area contributed by atoms with Gasteiger partial charge in [-0.05, 0) is 136 Å². The minimum atomic E-state index is 0.0966. The maximum atomic E-state index is 5.04. The van der Waals surface area contributed by atoms with Crippen LogP contribution >= 0.6 is 0 Å². The largest absolute Gasteiger partial charge is 0.228 e. The Morgan fingerprint density at radius 2 is 0.336 bits per heavy atom. The highest BCUT2D eigenvalue weighted by Gasteiger charge is 2.20. The maximum Gasteiger partial charge on any atom is 0.160 e. The summed E-state index contributed by atoms with van der Waals surface area (Å²) in [6.45, 7) is 24.9. The number of nitrogens with zero attached hydrogens (tertiary/aromatic N) is 6. The molecule has 0 unspecified atom stereocenters. The number of rotatable bonds is 18. The second kappa shape index (κ2) is 36.7. The zero-order valence-electron chi connectivity index (χ0n) is 69.7. The summed E-state index contributed by atoms with van der Waals surface area (Å²) >= 11 is 0. The quantitative estimate of drug-likeness (QED) is 0.0852. The summed E-state index contributed by atoms with van der Waals surface area (Å²) < 4.78 is 0. The summed E-state index contributed by atoms with van der Waals surface area (Å²) in [6.07, 6.45) is 5.60. The molecular formula is C116H94N6. The van der Waals surface area contributed by atoms with Gasteiger partial charge in [0, 0.05) is 50.1 Å². The summed E-state index contributed by atoms with van der Waals surface area (Å²) in [4.78, 5) is 29.9. The van der Waals surface area contributed by atoms with Crippen LogP contribution in [0, 0.1) is 0 Å². The first kappa shape index (κ1) is 80.5. The molecule has 0 saturated heterocycles. The molecule has 122 heavy (non-hydrogen) atoms. The van der Waals surface area contributed by atoms with Gasteiger partial charge in [-0.3, -0.25) is 0 Å². The van der Waals surface area contributed by atoms with Crippen LogP contribution in [-0.4, -0.2) is 29.9 Å². The van der Waals surface area contributed by atoms with Crippen LogP contribution in [0.3, 0.4) is 0 Å². The standard InChI is InChI=1S/2C40H34N2.C36H26N2/c1-5-28-14-16-29(17-15-28)30-18-20-31(21-19-30)34-12-9-13-35(26-34)38-27-37(32-22-24-36(25-23-32)40(2,3)4)41-39(42-38)33-10-7-6-8-11-33;1-5-28-11-13-29(14-12-28)30-15-17-31(18-16-30)32-19-21-33(22-20-32)37-27-38(34-23-25-36(26-24-34)40(2,3)4)42-39(41-37)35-9-7-6-8-10-35;1-2-26-16-18-27(19-17-26)28-20-22-29(23-21-28)32-14-9-15-33(24-32)35-25-34(30-10-5-3-6-11-30)37-36(38-35)31-12-7-4-8-13-31/h2*5-27H,1H2,2-4H3;2-25H,1H2. The third kappa shape index (κ3) is 19.5. The Balaban J connectivity index is 0.000000136. The van der Waals surface area contributed by atoms with E-state index in [4.69, 9.17) is 29.9 Å². The van der Waals surface area contributed by atoms with E-state index in [0.29, 0.717) is 0 Å². The van der Waals surface area contributed by atoms with Crippen LogP contribution in [0.1, 0.15) is 69.4 Å². The molecule has 3 heterocycles. The van der Waals surface area contributed by atoms with Crippen molar-refractivity contribution >= 4 is 18.2 Å². The van der Waals surface area contributed by atoms with Gasteiger partial charge in [0.2, 0.25) is 0 Å². The number of hydrogen-bond donors (Lipinski definition) is 0. The van der Waals surface area contributed by atoms with Gasteiger partial charge in [0.05, 0.1) is 34.2 Å². The molecule has 3 aromatic heterocycles. The van der Waals surface area contributed by atoms with Crippen molar-refractivity contribution in [2.45, 2.75) is 52.4 Å². The Kier molecular flexibility index (Phi) is 24.3. The van der Waals surface area contributed by atoms with Gasteiger partial charge in [0.25, 0.3) is 0 Å². The van der Waals surface area contributed by atoms with Crippen molar-refractivity contribution in [3.63, 3.8) is 0 Å². The second-order valence-electron chi connectivity index (χ2n) is 32.5. The monoisotopic (exact) mass is 1570 g/mol. The predicted octanol–water partition coefficient (Wildman–Crippen LogP) is 31.0. The fourth-order valence-electron chi connectivity index (χ4n) is 14.8. The van der Waals surface area contributed by atoms with Gasteiger partial charge >= 0.3 is 0 Å². The Bertz CT molecular complexity index is 6560. The van der Waals surface area contributed by atoms with Crippen LogP contribution in [0.4, 0.5) is 0 Å². The van der Waals surface area contributed by atoms with Gasteiger partial charge in [-0.1, -0.05) is 456 Å². The van der Waals surface area contributed by atoms with E-state index >= 15 is 0 Å². The SMILES string of the molecule is C=Cc1ccc(-c2ccc(-c3ccc(-c4cc(-c5ccc(C(C)(C)C)cc5)nc(-c5ccccc5)n4)cc3)cc2)cc1.C=Cc1ccc(-c2ccc(-c3cccc(-c4cc(-c5ccc(C(C)(C)C)cc5)nc(-c5ccccc5)n4)c3)cc2)cc1.C=Cc1ccc(-c2ccc(-c3cccc(-c4cc(-c5ccccc5)nc(-c5ccccc5)n4)c3)cc2)cc1. The van der Waals surface area contributed by atoms with Crippen molar-refractivity contribution in [1.29, 1.82) is 0 Å². The van der Waals surface area contributed by atoms with E-state index in [1.54, 1.807) is 0 Å². The molecule has 0 radical (unpaired) electrons. The highest BCUT2D eigenvalue weighted by molar-refractivity contribution is 5.82. The van der Waals surface area contributed by atoms with Crippen LogP contribution in [0.15, 0.2) is 426 Å². The number of aromatic nitrogens is 6. The average Bonchev–Trinajstić information content (AvgIpc) is 0.799. The third-order valence-corrected chi connectivity index (χ3v) is 22.0. The summed E-state index contributed by atoms with van der Waals surface area (Å²) in [7, 11) is 0. The number of benzene rings is 15. The molecule has 15 aromatic carbocycles. The van der Waals surface area contributed by atoms with Crippen LogP contribution in [0.5, 0.6) is 0 Å². The van der Waals surface area contributed by atoms with E-state index in [2.05, 4.69) is 395 Å². The molecule has 0 spiro atoms. The van der Waals surface area contributed by atoms with Crippen molar-refractivity contribution in [2.24, 2.45) is 0 Å². The summed E-state index contributed by atoms with van der Waals surface area (Å²) in [6, 6.07) is 142. The minimum Gasteiger partial charge on any atom is -0.228 e. The van der Waals surface area contributed by atoms with Gasteiger partial charge < -0.3 is 0 Å². The topological polar surface area (TPSA) is 77.3 Å². The van der Waals surface area contributed by atoms with E-state index in [1.807, 2.05) is 91.0 Å². The molecule has 0 atom stereocenters. The molecule has 0 saturated carbocycles. The molecule has 0 aliphatic heterocycles. The van der Waals surface area contributed by atoms with Gasteiger partial charge in [-0.15, -0.1) is 0 Å². The normalized spacial score (nSPS) is 11.1. The molecule has 0 amide bonds. The van der Waals surface area contributed by atoms with E-state index in [9.17, 15) is 0 Å². The maximum absolute atomic E-state index is 5.04. The molecule has 6 heteroatoms. The van der Waals surface area contributed by atoms with Crippen LogP contribution in [-0.2, 0) is 10.8 Å². The van der Waals surface area contributed by atoms with Gasteiger partial charge in [0.15, 0.2) is 17.5 Å². The highest BCUT2D eigenvalue weighted by Crippen LogP contribution is 2.38. The summed E-state index contributed by atoms with van der Waals surface area (Å²) in [5.41, 5.74) is 35.2. The van der Waals surface area contributed by atoms with Crippen molar-refractivity contribution in [3.8, 4) is 168 Å². The van der Waals surface area contributed by atoms with E-state index < -0.39 is 0 Å². The van der Waals surface area contributed by atoms with Crippen molar-refractivity contribution in [2.75, 3.05) is 0 Å². The first-order chi connectivity index (χ1) is 59.5. The van der Waals surface area contributed by atoms with Crippen molar-refractivity contribution in [1.82, 2.24) is 29.9 Å². The number of hydrogen-bond acceptors (Lipinski definition) is 6. The van der Waals surface area contributed by atoms with Crippen molar-refractivity contribution in [3.05, 3.63) is 454 Å². The molecule has 588 valence electrons. The first-order valence-corrected chi connectivity index (χ1v) is 41.4. The Labute approximate surface area is 718 Å². The Morgan fingerprint density at radius 3 is 0.566 bits per heavy atom. The Morgan fingerprint density at radius 1 is 0.164 bits per heavy atom. The molecule has 18 aromatic rings. The average molecular weight is 1570 g/mol. The molecule has 0 N–H and O–H groups in total. The third-order valence-electron chi connectivity index (χ3n) is 22.0. The molecule has 0 fully saturated rings. The van der Waals surface area contributed by atoms with E-state index in [0.717, 1.165) is 130 Å². The van der Waals surface area contributed by atoms with Crippen molar-refractivity contribution < 1.29 is 0 Å². The first-order valence-electron chi connectivity index (χ1n) is 41.4. The highest BCUT2D eigenvalue weighted by atomic mass is 14.9. The molecule has 0 bridgehead atoms. The lowest BCUT2D eigenvalue weighted by atomic mass is 9.86. The fraction of sp³-hybridized carbons (Fsp3) is 0.0690. The lowest BCUT2D eigenvalue weighted by Crippen LogP contribution is -2.10. The minimum absolute atomic E-state index is 0.0966. The molecule has 18 rings (SSSR count). The van der Waals surface area contributed by atoms with E-state index in [1.165, 1.54) is 66.8 Å². The molecule has 0 aliphatic rings. The van der Waals surface area contributed by atoms with Gasteiger partial charge in [0.1, 0.15) is 0 Å². The Hall–Kier alpha value is -15.2. The lowest BCUT2D eigenvalue weighted by molar-refractivity contribution is 0.590. The smallest absolute Gasteiger partial charge is 0.160 e. The van der Waals surface area contributed by atoms with E-state index in [-0.39, 0.29) is 10.8 Å². The van der Waals surface area contributed by atoms with Crippen LogP contribution in [0.25, 0.3) is 187 Å². The van der Waals surface area contributed by atoms with Gasteiger partial charge in [-0.25, -0.2) is 29.9 Å². The van der Waals surface area contributed by atoms with Crippen LogP contribution in [0.2, 0.25) is 0 Å². The lowest BCUT2D eigenvalue weighted by Gasteiger charge is -2.19.